The van der Waals surface area contributed by atoms with E-state index in [4.69, 9.17) is 4.74 Å². The molecule has 2 N–H and O–H groups in total. The second kappa shape index (κ2) is 10.7. The Morgan fingerprint density at radius 3 is 2.56 bits per heavy atom. The van der Waals surface area contributed by atoms with Gasteiger partial charge in [0.25, 0.3) is 0 Å². The Kier molecular flexibility index (Phi) is 8.02. The Morgan fingerprint density at radius 2 is 1.81 bits per heavy atom. The maximum atomic E-state index is 12.2. The van der Waals surface area contributed by atoms with Crippen LogP contribution in [0, 0.1) is 0 Å². The molecule has 0 saturated carbocycles. The van der Waals surface area contributed by atoms with E-state index in [1.165, 1.54) is 18.2 Å². The van der Waals surface area contributed by atoms with Crippen LogP contribution in [0.2, 0.25) is 0 Å². The van der Waals surface area contributed by atoms with Crippen molar-refractivity contribution in [1.29, 1.82) is 0 Å². The fourth-order valence-electron chi connectivity index (χ4n) is 2.19. The van der Waals surface area contributed by atoms with Crippen LogP contribution < -0.4 is 15.4 Å². The van der Waals surface area contributed by atoms with Gasteiger partial charge in [-0.15, -0.1) is 0 Å². The first-order valence-electron chi connectivity index (χ1n) is 8.32. The molecule has 0 aromatic heterocycles. The zero-order chi connectivity index (χ0) is 19.5. The van der Waals surface area contributed by atoms with Crippen molar-refractivity contribution in [3.8, 4) is 5.75 Å². The van der Waals surface area contributed by atoms with Crippen molar-refractivity contribution in [3.63, 3.8) is 0 Å². The molecule has 27 heavy (non-hydrogen) atoms. The number of anilines is 1. The predicted octanol–water partition coefficient (Wildman–Crippen LogP) is 3.93. The number of halogens is 2. The topological polar surface area (TPSA) is 76.7 Å². The summed E-state index contributed by atoms with van der Waals surface area (Å²) >= 11 is 0. The minimum Gasteiger partial charge on any atom is -0.445 e. The van der Waals surface area contributed by atoms with E-state index in [9.17, 15) is 18.4 Å². The number of hydrogen-bond acceptors (Lipinski definition) is 4. The molecular formula is C19H20F2N2O4. The van der Waals surface area contributed by atoms with Crippen LogP contribution in [0.1, 0.15) is 18.4 Å². The molecule has 0 fully saturated rings. The molecule has 0 unspecified atom stereocenters. The smallest absolute Gasteiger partial charge is 0.407 e. The van der Waals surface area contributed by atoms with E-state index in [1.54, 1.807) is 6.07 Å². The second-order valence-corrected chi connectivity index (χ2v) is 5.55. The van der Waals surface area contributed by atoms with Crippen LogP contribution in [0.4, 0.5) is 19.3 Å². The van der Waals surface area contributed by atoms with Gasteiger partial charge in [0.2, 0.25) is 5.91 Å². The Hall–Kier alpha value is -3.16. The Labute approximate surface area is 155 Å². The van der Waals surface area contributed by atoms with Crippen molar-refractivity contribution in [2.75, 3.05) is 11.9 Å². The SMILES string of the molecule is O=C(CCCNC(=O)OCc1ccccc1)Nc1cccc(OC(F)F)c1. The lowest BCUT2D eigenvalue weighted by atomic mass is 10.2. The number of nitrogens with one attached hydrogen (secondary N) is 2. The lowest BCUT2D eigenvalue weighted by Crippen LogP contribution is -2.26. The van der Waals surface area contributed by atoms with Crippen LogP contribution >= 0.6 is 0 Å². The molecule has 2 aromatic carbocycles. The van der Waals surface area contributed by atoms with Gasteiger partial charge < -0.3 is 20.1 Å². The van der Waals surface area contributed by atoms with E-state index in [0.717, 1.165) is 5.56 Å². The van der Waals surface area contributed by atoms with Crippen molar-refractivity contribution >= 4 is 17.7 Å². The van der Waals surface area contributed by atoms with Gasteiger partial charge in [-0.1, -0.05) is 36.4 Å². The van der Waals surface area contributed by atoms with Crippen LogP contribution in [-0.4, -0.2) is 25.2 Å². The van der Waals surface area contributed by atoms with E-state index in [0.29, 0.717) is 12.1 Å². The summed E-state index contributed by atoms with van der Waals surface area (Å²) in [6.45, 7) is -2.48. The van der Waals surface area contributed by atoms with Crippen LogP contribution in [0.3, 0.4) is 0 Å². The van der Waals surface area contributed by atoms with E-state index in [2.05, 4.69) is 15.4 Å². The molecule has 8 heteroatoms. The van der Waals surface area contributed by atoms with Crippen molar-refractivity contribution in [3.05, 3.63) is 60.2 Å². The van der Waals surface area contributed by atoms with Crippen molar-refractivity contribution in [1.82, 2.24) is 5.32 Å². The second-order valence-electron chi connectivity index (χ2n) is 5.55. The van der Waals surface area contributed by atoms with Crippen molar-refractivity contribution < 1.29 is 27.8 Å². The summed E-state index contributed by atoms with van der Waals surface area (Å²) in [6.07, 6.45) is -0.00520. The van der Waals surface area contributed by atoms with Gasteiger partial charge in [0.05, 0.1) is 0 Å². The molecule has 0 saturated heterocycles. The molecule has 0 aliphatic heterocycles. The highest BCUT2D eigenvalue weighted by molar-refractivity contribution is 5.90. The fourth-order valence-corrected chi connectivity index (χ4v) is 2.19. The molecule has 2 rings (SSSR count). The predicted molar refractivity (Wildman–Crippen MR) is 95.6 cm³/mol. The molecule has 2 aromatic rings. The fraction of sp³-hybridized carbons (Fsp3) is 0.263. The molecule has 0 spiro atoms. The zero-order valence-electron chi connectivity index (χ0n) is 14.5. The third kappa shape index (κ3) is 8.17. The largest absolute Gasteiger partial charge is 0.445 e. The van der Waals surface area contributed by atoms with Gasteiger partial charge in [-0.3, -0.25) is 4.79 Å². The number of carbonyl (C=O) groups excluding carboxylic acids is 2. The van der Waals surface area contributed by atoms with E-state index < -0.39 is 12.7 Å². The Balaban J connectivity index is 1.62. The standard InChI is InChI=1S/C19H20F2N2O4/c20-18(21)27-16-9-4-8-15(12-16)23-17(24)10-5-11-22-19(25)26-13-14-6-2-1-3-7-14/h1-4,6-9,12,18H,5,10-11,13H2,(H,22,25)(H,23,24). The van der Waals surface area contributed by atoms with Crippen molar-refractivity contribution in [2.45, 2.75) is 26.1 Å². The van der Waals surface area contributed by atoms with Gasteiger partial charge in [-0.25, -0.2) is 4.79 Å². The highest BCUT2D eigenvalue weighted by atomic mass is 19.3. The van der Waals surface area contributed by atoms with Gasteiger partial charge in [0.1, 0.15) is 12.4 Å². The highest BCUT2D eigenvalue weighted by Gasteiger charge is 2.07. The monoisotopic (exact) mass is 378 g/mol. The number of alkyl carbamates (subject to hydrolysis) is 1. The van der Waals surface area contributed by atoms with Gasteiger partial charge in [0.15, 0.2) is 0 Å². The zero-order valence-corrected chi connectivity index (χ0v) is 14.5. The minimum atomic E-state index is -2.93. The maximum Gasteiger partial charge on any atom is 0.407 e. The highest BCUT2D eigenvalue weighted by Crippen LogP contribution is 2.19. The Bertz CT molecular complexity index is 741. The third-order valence-electron chi connectivity index (χ3n) is 3.41. The normalized spacial score (nSPS) is 10.3. The van der Waals surface area contributed by atoms with E-state index in [1.807, 2.05) is 30.3 Å². The molecule has 0 aliphatic carbocycles. The number of alkyl halides is 2. The molecule has 0 heterocycles. The van der Waals surface area contributed by atoms with Gasteiger partial charge in [0, 0.05) is 24.7 Å². The lowest BCUT2D eigenvalue weighted by molar-refractivity contribution is -0.116. The quantitative estimate of drug-likeness (QED) is 0.648. The summed E-state index contributed by atoms with van der Waals surface area (Å²) in [4.78, 5) is 23.4. The van der Waals surface area contributed by atoms with Crippen LogP contribution in [0.5, 0.6) is 5.75 Å². The van der Waals surface area contributed by atoms with E-state index >= 15 is 0 Å². The summed E-state index contributed by atoms with van der Waals surface area (Å²) in [5.41, 5.74) is 1.23. The summed E-state index contributed by atoms with van der Waals surface area (Å²) in [6, 6.07) is 15.0. The summed E-state index contributed by atoms with van der Waals surface area (Å²) in [5.74, 6) is -0.339. The van der Waals surface area contributed by atoms with Gasteiger partial charge in [-0.2, -0.15) is 8.78 Å². The summed E-state index contributed by atoms with van der Waals surface area (Å²) < 4.78 is 33.7. The number of benzene rings is 2. The number of hydrogen-bond donors (Lipinski definition) is 2. The first-order valence-corrected chi connectivity index (χ1v) is 8.32. The molecule has 0 bridgehead atoms. The number of amides is 2. The maximum absolute atomic E-state index is 12.2. The number of carbonyl (C=O) groups is 2. The molecule has 0 aliphatic rings. The lowest BCUT2D eigenvalue weighted by Gasteiger charge is -2.09. The first kappa shape index (κ1) is 20.2. The number of ether oxygens (including phenoxy) is 2. The number of rotatable bonds is 9. The molecule has 6 nitrogen and oxygen atoms in total. The van der Waals surface area contributed by atoms with Gasteiger partial charge >= 0.3 is 12.7 Å². The summed E-state index contributed by atoms with van der Waals surface area (Å²) in [5, 5.41) is 5.14. The van der Waals surface area contributed by atoms with E-state index in [-0.39, 0.29) is 31.2 Å². The van der Waals surface area contributed by atoms with Crippen molar-refractivity contribution in [2.24, 2.45) is 0 Å². The third-order valence-corrected chi connectivity index (χ3v) is 3.41. The molecule has 0 radical (unpaired) electrons. The average Bonchev–Trinajstić information content (AvgIpc) is 2.64. The van der Waals surface area contributed by atoms with Crippen LogP contribution in [0.25, 0.3) is 0 Å². The van der Waals surface area contributed by atoms with Crippen LogP contribution in [-0.2, 0) is 16.1 Å². The molecule has 144 valence electrons. The molecule has 0 atom stereocenters. The Morgan fingerprint density at radius 1 is 1.04 bits per heavy atom. The average molecular weight is 378 g/mol. The van der Waals surface area contributed by atoms with Crippen LogP contribution in [0.15, 0.2) is 54.6 Å². The minimum absolute atomic E-state index is 0.0365. The van der Waals surface area contributed by atoms with Gasteiger partial charge in [-0.05, 0) is 24.1 Å². The summed E-state index contributed by atoms with van der Waals surface area (Å²) in [7, 11) is 0. The molecule has 2 amide bonds. The first-order chi connectivity index (χ1) is 13.0. The molecular weight excluding hydrogens is 358 g/mol.